The van der Waals surface area contributed by atoms with Gasteiger partial charge >= 0.3 is 0 Å². The number of nitrogens with one attached hydrogen (secondary N) is 1. The van der Waals surface area contributed by atoms with Crippen LogP contribution >= 0.6 is 15.9 Å². The number of nitrogen functional groups attached to an aromatic ring is 1. The first kappa shape index (κ1) is 12.9. The SMILES string of the molecule is Nc1ccc(NCc2cc(Br)ccc2F)c2nonc12. The Kier molecular flexibility index (Phi) is 3.27. The third-order valence-electron chi connectivity index (χ3n) is 2.92. The molecule has 102 valence electrons. The summed E-state index contributed by atoms with van der Waals surface area (Å²) in [6, 6.07) is 8.25. The molecule has 0 bridgehead atoms. The fourth-order valence-corrected chi connectivity index (χ4v) is 2.31. The van der Waals surface area contributed by atoms with E-state index in [4.69, 9.17) is 5.73 Å². The molecule has 1 heterocycles. The Balaban J connectivity index is 1.89. The molecule has 1 aromatic heterocycles. The van der Waals surface area contributed by atoms with Crippen LogP contribution in [0.1, 0.15) is 5.56 Å². The first-order chi connectivity index (χ1) is 9.65. The maximum atomic E-state index is 13.7. The Morgan fingerprint density at radius 2 is 2.00 bits per heavy atom. The maximum absolute atomic E-state index is 13.7. The standard InChI is InChI=1S/C13H10BrFN4O/c14-8-1-2-9(15)7(5-8)6-17-11-4-3-10(16)12-13(11)19-20-18-12/h1-5,17H,6,16H2. The third-order valence-corrected chi connectivity index (χ3v) is 3.42. The van der Waals surface area contributed by atoms with E-state index < -0.39 is 0 Å². The summed E-state index contributed by atoms with van der Waals surface area (Å²) in [5.41, 5.74) is 8.50. The number of aromatic nitrogens is 2. The lowest BCUT2D eigenvalue weighted by Crippen LogP contribution is -2.03. The minimum absolute atomic E-state index is 0.273. The minimum Gasteiger partial charge on any atom is -0.397 e. The van der Waals surface area contributed by atoms with E-state index in [1.54, 1.807) is 24.3 Å². The zero-order valence-electron chi connectivity index (χ0n) is 10.2. The van der Waals surface area contributed by atoms with Crippen LogP contribution in [0.4, 0.5) is 15.8 Å². The molecule has 0 radical (unpaired) electrons. The minimum atomic E-state index is -0.273. The molecule has 2 aromatic carbocycles. The smallest absolute Gasteiger partial charge is 0.160 e. The second-order valence-corrected chi connectivity index (χ2v) is 5.17. The molecule has 3 N–H and O–H groups in total. The Morgan fingerprint density at radius 1 is 1.20 bits per heavy atom. The van der Waals surface area contributed by atoms with Gasteiger partial charge in [-0.1, -0.05) is 15.9 Å². The molecule has 0 atom stereocenters. The number of halogens is 2. The molecule has 0 aliphatic heterocycles. The van der Waals surface area contributed by atoms with Crippen molar-refractivity contribution in [2.75, 3.05) is 11.1 Å². The number of nitrogens with two attached hydrogens (primary N) is 1. The van der Waals surface area contributed by atoms with Gasteiger partial charge in [0.15, 0.2) is 11.0 Å². The van der Waals surface area contributed by atoms with Crippen LogP contribution in [0, 0.1) is 5.82 Å². The average molecular weight is 337 g/mol. The summed E-state index contributed by atoms with van der Waals surface area (Å²) >= 11 is 3.32. The molecule has 0 aliphatic rings. The summed E-state index contributed by atoms with van der Waals surface area (Å²) in [6.45, 7) is 0.317. The summed E-state index contributed by atoms with van der Waals surface area (Å²) in [7, 11) is 0. The molecule has 20 heavy (non-hydrogen) atoms. The van der Waals surface area contributed by atoms with Gasteiger partial charge in [0, 0.05) is 16.6 Å². The van der Waals surface area contributed by atoms with Crippen molar-refractivity contribution in [3.63, 3.8) is 0 Å². The van der Waals surface area contributed by atoms with Crippen LogP contribution < -0.4 is 11.1 Å². The fraction of sp³-hybridized carbons (Fsp3) is 0.0769. The Labute approximate surface area is 122 Å². The van der Waals surface area contributed by atoms with E-state index in [1.165, 1.54) is 6.07 Å². The summed E-state index contributed by atoms with van der Waals surface area (Å²) in [6.07, 6.45) is 0. The van der Waals surface area contributed by atoms with Crippen LogP contribution in [-0.2, 0) is 6.54 Å². The van der Waals surface area contributed by atoms with E-state index in [2.05, 4.69) is 36.2 Å². The Morgan fingerprint density at radius 3 is 2.85 bits per heavy atom. The second kappa shape index (κ2) is 5.09. The Bertz CT molecular complexity index is 774. The molecule has 0 fully saturated rings. The molecule has 7 heteroatoms. The van der Waals surface area contributed by atoms with Gasteiger partial charge in [0.05, 0.1) is 11.4 Å². The van der Waals surface area contributed by atoms with Gasteiger partial charge in [0.25, 0.3) is 0 Å². The number of rotatable bonds is 3. The lowest BCUT2D eigenvalue weighted by Gasteiger charge is -2.08. The highest BCUT2D eigenvalue weighted by atomic mass is 79.9. The highest BCUT2D eigenvalue weighted by Crippen LogP contribution is 2.26. The van der Waals surface area contributed by atoms with Crippen molar-refractivity contribution in [3.8, 4) is 0 Å². The van der Waals surface area contributed by atoms with Crippen molar-refractivity contribution >= 4 is 38.3 Å². The summed E-state index contributed by atoms with van der Waals surface area (Å²) in [5, 5.41) is 10.6. The fourth-order valence-electron chi connectivity index (χ4n) is 1.90. The third kappa shape index (κ3) is 2.32. The first-order valence-corrected chi connectivity index (χ1v) is 6.63. The largest absolute Gasteiger partial charge is 0.397 e. The van der Waals surface area contributed by atoms with E-state index in [0.717, 1.165) is 4.47 Å². The number of hydrogen-bond donors (Lipinski definition) is 2. The zero-order valence-corrected chi connectivity index (χ0v) is 11.8. The van der Waals surface area contributed by atoms with Crippen molar-refractivity contribution in [2.24, 2.45) is 0 Å². The predicted molar refractivity (Wildman–Crippen MR) is 77.6 cm³/mol. The van der Waals surface area contributed by atoms with Crippen molar-refractivity contribution in [2.45, 2.75) is 6.54 Å². The van der Waals surface area contributed by atoms with Crippen molar-refractivity contribution in [3.05, 3.63) is 46.2 Å². The lowest BCUT2D eigenvalue weighted by molar-refractivity contribution is 0.316. The lowest BCUT2D eigenvalue weighted by atomic mass is 10.2. The van der Waals surface area contributed by atoms with E-state index >= 15 is 0 Å². The summed E-state index contributed by atoms with van der Waals surface area (Å²) in [4.78, 5) is 0. The molecule has 3 rings (SSSR count). The molecule has 0 spiro atoms. The van der Waals surface area contributed by atoms with Gasteiger partial charge in [-0.3, -0.25) is 0 Å². The molecule has 0 unspecified atom stereocenters. The van der Waals surface area contributed by atoms with Crippen LogP contribution in [0.3, 0.4) is 0 Å². The van der Waals surface area contributed by atoms with Gasteiger partial charge in [-0.2, -0.15) is 0 Å². The van der Waals surface area contributed by atoms with Crippen LogP contribution in [0.15, 0.2) is 39.4 Å². The number of anilines is 2. The average Bonchev–Trinajstić information content (AvgIpc) is 2.92. The van der Waals surface area contributed by atoms with Gasteiger partial charge in [-0.25, -0.2) is 9.02 Å². The summed E-state index contributed by atoms with van der Waals surface area (Å²) < 4.78 is 19.2. The van der Waals surface area contributed by atoms with Crippen LogP contribution in [-0.4, -0.2) is 10.3 Å². The van der Waals surface area contributed by atoms with Crippen LogP contribution in [0.25, 0.3) is 11.0 Å². The molecule has 0 amide bonds. The predicted octanol–water partition coefficient (Wildman–Crippen LogP) is 3.32. The number of fused-ring (bicyclic) bond motifs is 1. The van der Waals surface area contributed by atoms with Gasteiger partial charge < -0.3 is 11.1 Å². The first-order valence-electron chi connectivity index (χ1n) is 5.83. The van der Waals surface area contributed by atoms with Crippen LogP contribution in [0.5, 0.6) is 0 Å². The quantitative estimate of drug-likeness (QED) is 0.717. The normalized spacial score (nSPS) is 10.9. The molecular formula is C13H10BrFN4O. The monoisotopic (exact) mass is 336 g/mol. The van der Waals surface area contributed by atoms with Crippen molar-refractivity contribution in [1.29, 1.82) is 0 Å². The Hall–Kier alpha value is -2.15. The topological polar surface area (TPSA) is 77.0 Å². The van der Waals surface area contributed by atoms with Gasteiger partial charge in [0.2, 0.25) is 0 Å². The molecular weight excluding hydrogens is 327 g/mol. The number of hydrogen-bond acceptors (Lipinski definition) is 5. The highest BCUT2D eigenvalue weighted by molar-refractivity contribution is 9.10. The summed E-state index contributed by atoms with van der Waals surface area (Å²) in [5.74, 6) is -0.273. The van der Waals surface area contributed by atoms with Crippen molar-refractivity contribution in [1.82, 2.24) is 10.3 Å². The highest BCUT2D eigenvalue weighted by Gasteiger charge is 2.10. The van der Waals surface area contributed by atoms with E-state index in [1.807, 2.05) is 0 Å². The van der Waals surface area contributed by atoms with Crippen molar-refractivity contribution < 1.29 is 9.02 Å². The van der Waals surface area contributed by atoms with E-state index in [-0.39, 0.29) is 5.82 Å². The van der Waals surface area contributed by atoms with Gasteiger partial charge in [0.1, 0.15) is 5.82 Å². The molecule has 0 saturated carbocycles. The molecule has 5 nitrogen and oxygen atoms in total. The number of benzene rings is 2. The van der Waals surface area contributed by atoms with Crippen LogP contribution in [0.2, 0.25) is 0 Å². The number of nitrogens with zero attached hydrogens (tertiary/aromatic N) is 2. The molecule has 3 aromatic rings. The van der Waals surface area contributed by atoms with Gasteiger partial charge in [-0.15, -0.1) is 0 Å². The zero-order chi connectivity index (χ0) is 14.1. The molecule has 0 aliphatic carbocycles. The maximum Gasteiger partial charge on any atom is 0.160 e. The van der Waals surface area contributed by atoms with E-state index in [0.29, 0.717) is 34.5 Å². The van der Waals surface area contributed by atoms with E-state index in [9.17, 15) is 4.39 Å². The molecule has 0 saturated heterocycles. The second-order valence-electron chi connectivity index (χ2n) is 4.25. The van der Waals surface area contributed by atoms with Gasteiger partial charge in [-0.05, 0) is 40.6 Å².